The van der Waals surface area contributed by atoms with E-state index in [2.05, 4.69) is 24.1 Å². The highest BCUT2D eigenvalue weighted by atomic mass is 16.3. The van der Waals surface area contributed by atoms with Crippen molar-refractivity contribution in [3.63, 3.8) is 0 Å². The number of rotatable bonds is 3. The second-order valence-electron chi connectivity index (χ2n) is 4.39. The molecule has 0 bridgehead atoms. The minimum Gasteiger partial charge on any atom is -0.396 e. The van der Waals surface area contributed by atoms with Gasteiger partial charge in [-0.1, -0.05) is 30.3 Å². The zero-order valence-electron chi connectivity index (χ0n) is 9.26. The van der Waals surface area contributed by atoms with Crippen molar-refractivity contribution in [2.24, 2.45) is 0 Å². The SMILES string of the molecule is CN1CCCC1C(CO)c1ccccc1. The van der Waals surface area contributed by atoms with Gasteiger partial charge in [0.25, 0.3) is 0 Å². The third kappa shape index (κ3) is 2.21. The first-order valence-electron chi connectivity index (χ1n) is 5.69. The van der Waals surface area contributed by atoms with Gasteiger partial charge in [0.15, 0.2) is 0 Å². The molecule has 0 aromatic heterocycles. The van der Waals surface area contributed by atoms with Crippen molar-refractivity contribution in [1.82, 2.24) is 4.90 Å². The Balaban J connectivity index is 2.17. The summed E-state index contributed by atoms with van der Waals surface area (Å²) in [6, 6.07) is 10.9. The third-order valence-electron chi connectivity index (χ3n) is 3.47. The topological polar surface area (TPSA) is 23.5 Å². The maximum Gasteiger partial charge on any atom is 0.0514 e. The van der Waals surface area contributed by atoms with Crippen LogP contribution in [0.3, 0.4) is 0 Å². The molecule has 2 nitrogen and oxygen atoms in total. The third-order valence-corrected chi connectivity index (χ3v) is 3.47. The highest BCUT2D eigenvalue weighted by Gasteiger charge is 2.29. The molecule has 0 amide bonds. The molecule has 0 radical (unpaired) electrons. The van der Waals surface area contributed by atoms with Crippen molar-refractivity contribution in [2.75, 3.05) is 20.2 Å². The van der Waals surface area contributed by atoms with Crippen LogP contribution in [0.2, 0.25) is 0 Å². The molecule has 2 unspecified atom stereocenters. The van der Waals surface area contributed by atoms with Crippen LogP contribution in [0.5, 0.6) is 0 Å². The summed E-state index contributed by atoms with van der Waals surface area (Å²) in [5.74, 6) is 0.277. The predicted octanol–water partition coefficient (Wildman–Crippen LogP) is 1.86. The highest BCUT2D eigenvalue weighted by Crippen LogP contribution is 2.29. The predicted molar refractivity (Wildman–Crippen MR) is 61.9 cm³/mol. The minimum atomic E-state index is 0.249. The van der Waals surface area contributed by atoms with Crippen LogP contribution in [0, 0.1) is 0 Å². The minimum absolute atomic E-state index is 0.249. The van der Waals surface area contributed by atoms with Crippen molar-refractivity contribution in [2.45, 2.75) is 24.8 Å². The lowest BCUT2D eigenvalue weighted by Crippen LogP contribution is -2.32. The van der Waals surface area contributed by atoms with Gasteiger partial charge in [-0.05, 0) is 32.0 Å². The largest absolute Gasteiger partial charge is 0.396 e. The Bertz CT molecular complexity index is 299. The van der Waals surface area contributed by atoms with Gasteiger partial charge in [-0.15, -0.1) is 0 Å². The molecule has 82 valence electrons. The van der Waals surface area contributed by atoms with E-state index in [0.717, 1.165) is 6.54 Å². The van der Waals surface area contributed by atoms with E-state index >= 15 is 0 Å². The Morgan fingerprint density at radius 2 is 2.13 bits per heavy atom. The molecule has 2 rings (SSSR count). The molecule has 1 heterocycles. The van der Waals surface area contributed by atoms with Gasteiger partial charge in [0.2, 0.25) is 0 Å². The number of likely N-dealkylation sites (tertiary alicyclic amines) is 1. The second kappa shape index (κ2) is 4.77. The number of hydrogen-bond donors (Lipinski definition) is 1. The lowest BCUT2D eigenvalue weighted by atomic mass is 9.91. The average Bonchev–Trinajstić information content (AvgIpc) is 2.68. The van der Waals surface area contributed by atoms with Crippen LogP contribution in [0.25, 0.3) is 0 Å². The number of aliphatic hydroxyl groups excluding tert-OH is 1. The van der Waals surface area contributed by atoms with Gasteiger partial charge in [-0.3, -0.25) is 0 Å². The summed E-state index contributed by atoms with van der Waals surface area (Å²) >= 11 is 0. The molecule has 0 aliphatic carbocycles. The van der Waals surface area contributed by atoms with Crippen LogP contribution in [0.1, 0.15) is 24.3 Å². The molecule has 0 saturated carbocycles. The maximum atomic E-state index is 9.53. The quantitative estimate of drug-likeness (QED) is 0.814. The van der Waals surface area contributed by atoms with Crippen LogP contribution in [-0.2, 0) is 0 Å². The van der Waals surface area contributed by atoms with Crippen LogP contribution in [0.15, 0.2) is 30.3 Å². The monoisotopic (exact) mass is 205 g/mol. The average molecular weight is 205 g/mol. The van der Waals surface area contributed by atoms with Gasteiger partial charge in [0.05, 0.1) is 6.61 Å². The first kappa shape index (κ1) is 10.7. The molecular weight excluding hydrogens is 186 g/mol. The molecule has 1 fully saturated rings. The van der Waals surface area contributed by atoms with Crippen molar-refractivity contribution < 1.29 is 5.11 Å². The van der Waals surface area contributed by atoms with Gasteiger partial charge >= 0.3 is 0 Å². The van der Waals surface area contributed by atoms with Gasteiger partial charge in [0, 0.05) is 12.0 Å². The molecule has 15 heavy (non-hydrogen) atoms. The normalized spacial score (nSPS) is 24.3. The van der Waals surface area contributed by atoms with Gasteiger partial charge in [-0.2, -0.15) is 0 Å². The summed E-state index contributed by atoms with van der Waals surface area (Å²) in [5.41, 5.74) is 1.26. The van der Waals surface area contributed by atoms with Gasteiger partial charge in [-0.25, -0.2) is 0 Å². The van der Waals surface area contributed by atoms with Crippen LogP contribution in [-0.4, -0.2) is 36.2 Å². The summed E-state index contributed by atoms with van der Waals surface area (Å²) in [7, 11) is 2.16. The van der Waals surface area contributed by atoms with E-state index in [1.54, 1.807) is 0 Å². The molecule has 2 heteroatoms. The van der Waals surface area contributed by atoms with Crippen molar-refractivity contribution in [3.8, 4) is 0 Å². The van der Waals surface area contributed by atoms with E-state index < -0.39 is 0 Å². The fourth-order valence-electron chi connectivity index (χ4n) is 2.59. The van der Waals surface area contributed by atoms with Crippen molar-refractivity contribution in [3.05, 3.63) is 35.9 Å². The second-order valence-corrected chi connectivity index (χ2v) is 4.39. The zero-order chi connectivity index (χ0) is 10.7. The Labute approximate surface area is 91.5 Å². The standard InChI is InChI=1S/C13H19NO/c1-14-9-5-8-13(14)12(10-15)11-6-3-2-4-7-11/h2-4,6-7,12-13,15H,5,8-10H2,1H3. The van der Waals surface area contributed by atoms with E-state index in [-0.39, 0.29) is 12.5 Å². The van der Waals surface area contributed by atoms with Crippen LogP contribution >= 0.6 is 0 Å². The van der Waals surface area contributed by atoms with Crippen molar-refractivity contribution >= 4 is 0 Å². The highest BCUT2D eigenvalue weighted by molar-refractivity contribution is 5.21. The summed E-state index contributed by atoms with van der Waals surface area (Å²) in [5, 5.41) is 9.53. The summed E-state index contributed by atoms with van der Waals surface area (Å²) in [4.78, 5) is 2.37. The smallest absolute Gasteiger partial charge is 0.0514 e. The van der Waals surface area contributed by atoms with Crippen LogP contribution < -0.4 is 0 Å². The maximum absolute atomic E-state index is 9.53. The zero-order valence-corrected chi connectivity index (χ0v) is 9.26. The Hall–Kier alpha value is -0.860. The molecule has 2 atom stereocenters. The molecule has 0 spiro atoms. The summed E-state index contributed by atoms with van der Waals surface area (Å²) in [6.45, 7) is 1.41. The van der Waals surface area contributed by atoms with Gasteiger partial charge < -0.3 is 10.0 Å². The van der Waals surface area contributed by atoms with Gasteiger partial charge in [0.1, 0.15) is 0 Å². The molecule has 1 aromatic rings. The molecule has 1 aliphatic rings. The van der Waals surface area contributed by atoms with E-state index in [4.69, 9.17) is 0 Å². The number of likely N-dealkylation sites (N-methyl/N-ethyl adjacent to an activating group) is 1. The fraction of sp³-hybridized carbons (Fsp3) is 0.538. The van der Waals surface area contributed by atoms with E-state index in [1.165, 1.54) is 18.4 Å². The number of aliphatic hydroxyl groups is 1. The summed E-state index contributed by atoms with van der Waals surface area (Å²) < 4.78 is 0. The molecule has 1 N–H and O–H groups in total. The van der Waals surface area contributed by atoms with E-state index in [1.807, 2.05) is 18.2 Å². The summed E-state index contributed by atoms with van der Waals surface area (Å²) in [6.07, 6.45) is 2.46. The fourth-order valence-corrected chi connectivity index (χ4v) is 2.59. The molecule has 1 aromatic carbocycles. The number of benzene rings is 1. The van der Waals surface area contributed by atoms with Crippen molar-refractivity contribution in [1.29, 1.82) is 0 Å². The lowest BCUT2D eigenvalue weighted by molar-refractivity contribution is 0.189. The number of nitrogens with zero attached hydrogens (tertiary/aromatic N) is 1. The Kier molecular flexibility index (Phi) is 3.39. The Morgan fingerprint density at radius 3 is 2.67 bits per heavy atom. The first-order valence-corrected chi connectivity index (χ1v) is 5.69. The lowest BCUT2D eigenvalue weighted by Gasteiger charge is -2.28. The number of hydrogen-bond acceptors (Lipinski definition) is 2. The van der Waals surface area contributed by atoms with E-state index in [9.17, 15) is 5.11 Å². The Morgan fingerprint density at radius 1 is 1.40 bits per heavy atom. The molecular formula is C13H19NO. The first-order chi connectivity index (χ1) is 7.33. The van der Waals surface area contributed by atoms with Crippen LogP contribution in [0.4, 0.5) is 0 Å². The molecule has 1 saturated heterocycles. The molecule has 1 aliphatic heterocycles. The van der Waals surface area contributed by atoms with E-state index in [0.29, 0.717) is 6.04 Å².